The lowest BCUT2D eigenvalue weighted by Crippen LogP contribution is -2.24. The number of nitrogens with zero attached hydrogens (tertiary/aromatic N) is 2. The summed E-state index contributed by atoms with van der Waals surface area (Å²) in [6, 6.07) is 8.02. The summed E-state index contributed by atoms with van der Waals surface area (Å²) in [5, 5.41) is 12.3. The van der Waals surface area contributed by atoms with Crippen LogP contribution in [-0.2, 0) is 0 Å². The maximum Gasteiger partial charge on any atom is 0.123 e. The molecule has 1 atom stereocenters. The number of hydrogen-bond donors (Lipinski definition) is 1. The van der Waals surface area contributed by atoms with Gasteiger partial charge in [0.15, 0.2) is 0 Å². The van der Waals surface area contributed by atoms with E-state index in [9.17, 15) is 4.39 Å². The van der Waals surface area contributed by atoms with Crippen molar-refractivity contribution in [1.29, 1.82) is 5.26 Å². The van der Waals surface area contributed by atoms with Crippen LogP contribution in [0, 0.1) is 17.1 Å². The van der Waals surface area contributed by atoms with Crippen LogP contribution in [0.2, 0.25) is 0 Å². The van der Waals surface area contributed by atoms with E-state index in [2.05, 4.69) is 16.3 Å². The highest BCUT2D eigenvalue weighted by Crippen LogP contribution is 2.13. The molecule has 3 nitrogen and oxygen atoms in total. The van der Waals surface area contributed by atoms with Crippen LogP contribution in [0.3, 0.4) is 0 Å². The number of likely N-dealkylation sites (tertiary alicyclic amines) is 1. The molecule has 1 saturated heterocycles. The number of rotatable bonds is 7. The molecule has 4 heteroatoms. The predicted molar refractivity (Wildman–Crippen MR) is 77.7 cm³/mol. The molecule has 20 heavy (non-hydrogen) atoms. The molecule has 0 aliphatic carbocycles. The summed E-state index contributed by atoms with van der Waals surface area (Å²) in [6.45, 7) is 4.41. The van der Waals surface area contributed by atoms with Gasteiger partial charge in [0, 0.05) is 0 Å². The molecule has 0 radical (unpaired) electrons. The second-order valence-electron chi connectivity index (χ2n) is 5.33. The lowest BCUT2D eigenvalue weighted by atomic mass is 10.1. The highest BCUT2D eigenvalue weighted by atomic mass is 19.1. The summed E-state index contributed by atoms with van der Waals surface area (Å²) in [4.78, 5) is 2.49. The van der Waals surface area contributed by atoms with Gasteiger partial charge in [-0.3, -0.25) is 5.32 Å². The Morgan fingerprint density at radius 1 is 1.30 bits per heavy atom. The molecule has 1 fully saturated rings. The molecule has 0 saturated carbocycles. The first-order valence-corrected chi connectivity index (χ1v) is 7.40. The average molecular weight is 275 g/mol. The van der Waals surface area contributed by atoms with Gasteiger partial charge in [-0.2, -0.15) is 5.26 Å². The Balaban J connectivity index is 1.67. The maximum absolute atomic E-state index is 13.1. The smallest absolute Gasteiger partial charge is 0.123 e. The highest BCUT2D eigenvalue weighted by molar-refractivity contribution is 5.24. The fourth-order valence-corrected chi connectivity index (χ4v) is 2.64. The van der Waals surface area contributed by atoms with Gasteiger partial charge in [-0.1, -0.05) is 12.1 Å². The molecule has 2 rings (SSSR count). The number of nitriles is 1. The van der Waals surface area contributed by atoms with E-state index in [0.29, 0.717) is 5.56 Å². The molecular weight excluding hydrogens is 253 g/mol. The monoisotopic (exact) mass is 275 g/mol. The molecule has 1 aliphatic rings. The van der Waals surface area contributed by atoms with Gasteiger partial charge >= 0.3 is 0 Å². The minimum absolute atomic E-state index is 0.293. The Bertz CT molecular complexity index is 449. The Morgan fingerprint density at radius 2 is 2.10 bits per heavy atom. The van der Waals surface area contributed by atoms with E-state index in [1.165, 1.54) is 38.1 Å². The molecule has 108 valence electrons. The van der Waals surface area contributed by atoms with E-state index in [1.54, 1.807) is 12.1 Å². The number of nitrogens with one attached hydrogen (secondary N) is 1. The van der Waals surface area contributed by atoms with Crippen molar-refractivity contribution in [3.05, 3.63) is 35.6 Å². The van der Waals surface area contributed by atoms with Crippen molar-refractivity contribution < 1.29 is 4.39 Å². The second-order valence-corrected chi connectivity index (χ2v) is 5.33. The highest BCUT2D eigenvalue weighted by Gasteiger charge is 2.12. The SMILES string of the molecule is N#CC(NCCCCN1CCCC1)c1cccc(F)c1. The topological polar surface area (TPSA) is 39.1 Å². The Kier molecular flexibility index (Phi) is 5.97. The molecule has 1 aromatic rings. The summed E-state index contributed by atoms with van der Waals surface area (Å²) in [7, 11) is 0. The van der Waals surface area contributed by atoms with Crippen LogP contribution < -0.4 is 5.32 Å². The Morgan fingerprint density at radius 3 is 2.80 bits per heavy atom. The molecule has 0 spiro atoms. The van der Waals surface area contributed by atoms with E-state index in [0.717, 1.165) is 25.9 Å². The van der Waals surface area contributed by atoms with Gasteiger partial charge in [-0.15, -0.1) is 0 Å². The van der Waals surface area contributed by atoms with Gasteiger partial charge in [0.25, 0.3) is 0 Å². The van der Waals surface area contributed by atoms with Gasteiger partial charge in [0.2, 0.25) is 0 Å². The van der Waals surface area contributed by atoms with E-state index >= 15 is 0 Å². The Labute approximate surface area is 120 Å². The molecule has 1 N–H and O–H groups in total. The van der Waals surface area contributed by atoms with Crippen LogP contribution in [0.4, 0.5) is 4.39 Å². The van der Waals surface area contributed by atoms with E-state index in [4.69, 9.17) is 5.26 Å². The summed E-state index contributed by atoms with van der Waals surface area (Å²) in [5.41, 5.74) is 0.701. The minimum atomic E-state index is -0.419. The van der Waals surface area contributed by atoms with Crippen molar-refractivity contribution in [3.63, 3.8) is 0 Å². The largest absolute Gasteiger partial charge is 0.303 e. The van der Waals surface area contributed by atoms with Crippen molar-refractivity contribution in [2.24, 2.45) is 0 Å². The summed E-state index contributed by atoms with van der Waals surface area (Å²) >= 11 is 0. The third-order valence-corrected chi connectivity index (χ3v) is 3.76. The zero-order chi connectivity index (χ0) is 14.2. The molecule has 0 amide bonds. The van der Waals surface area contributed by atoms with E-state index in [-0.39, 0.29) is 5.82 Å². The minimum Gasteiger partial charge on any atom is -0.303 e. The number of benzene rings is 1. The third kappa shape index (κ3) is 4.59. The predicted octanol–water partition coefficient (Wildman–Crippen LogP) is 2.86. The van der Waals surface area contributed by atoms with Gasteiger partial charge in [-0.05, 0) is 69.6 Å². The fraction of sp³-hybridized carbons (Fsp3) is 0.562. The first kappa shape index (κ1) is 15.0. The maximum atomic E-state index is 13.1. The lowest BCUT2D eigenvalue weighted by molar-refractivity contribution is 0.328. The van der Waals surface area contributed by atoms with Gasteiger partial charge < -0.3 is 4.90 Å². The van der Waals surface area contributed by atoms with Crippen molar-refractivity contribution in [2.45, 2.75) is 31.7 Å². The zero-order valence-electron chi connectivity index (χ0n) is 11.8. The normalized spacial score (nSPS) is 17.0. The van der Waals surface area contributed by atoms with E-state index in [1.807, 2.05) is 0 Å². The molecule has 1 heterocycles. The summed E-state index contributed by atoms with van der Waals surface area (Å²) in [5.74, 6) is -0.293. The molecule has 1 aromatic carbocycles. The molecular formula is C16H22FN3. The molecule has 0 aromatic heterocycles. The first-order valence-electron chi connectivity index (χ1n) is 7.40. The van der Waals surface area contributed by atoms with Crippen molar-refractivity contribution in [1.82, 2.24) is 10.2 Å². The molecule has 1 aliphatic heterocycles. The standard InChI is InChI=1S/C16H22FN3/c17-15-7-5-6-14(12-15)16(13-18)19-8-1-2-9-20-10-3-4-11-20/h5-7,12,16,19H,1-4,8-11H2. The van der Waals surface area contributed by atoms with Gasteiger partial charge in [0.05, 0.1) is 6.07 Å². The molecule has 0 bridgehead atoms. The third-order valence-electron chi connectivity index (χ3n) is 3.76. The number of halogens is 1. The van der Waals surface area contributed by atoms with E-state index < -0.39 is 6.04 Å². The van der Waals surface area contributed by atoms with Crippen LogP contribution in [0.25, 0.3) is 0 Å². The quantitative estimate of drug-likeness (QED) is 0.778. The molecule has 1 unspecified atom stereocenters. The first-order chi connectivity index (χ1) is 9.79. The average Bonchev–Trinajstić information content (AvgIpc) is 2.96. The van der Waals surface area contributed by atoms with Gasteiger partial charge in [0.1, 0.15) is 11.9 Å². The van der Waals surface area contributed by atoms with Crippen molar-refractivity contribution >= 4 is 0 Å². The zero-order valence-corrected chi connectivity index (χ0v) is 11.8. The van der Waals surface area contributed by atoms with Crippen LogP contribution >= 0.6 is 0 Å². The number of hydrogen-bond acceptors (Lipinski definition) is 3. The van der Waals surface area contributed by atoms with Crippen LogP contribution in [0.1, 0.15) is 37.3 Å². The van der Waals surface area contributed by atoms with Crippen molar-refractivity contribution in [2.75, 3.05) is 26.2 Å². The van der Waals surface area contributed by atoms with Crippen LogP contribution in [0.15, 0.2) is 24.3 Å². The summed E-state index contributed by atoms with van der Waals surface area (Å²) in [6.07, 6.45) is 4.85. The second kappa shape index (κ2) is 7.98. The summed E-state index contributed by atoms with van der Waals surface area (Å²) < 4.78 is 13.1. The number of unbranched alkanes of at least 4 members (excludes halogenated alkanes) is 1. The Hall–Kier alpha value is -1.44. The fourth-order valence-electron chi connectivity index (χ4n) is 2.64. The van der Waals surface area contributed by atoms with Gasteiger partial charge in [-0.25, -0.2) is 4.39 Å². The van der Waals surface area contributed by atoms with Crippen LogP contribution in [-0.4, -0.2) is 31.1 Å². The van der Waals surface area contributed by atoms with Crippen molar-refractivity contribution in [3.8, 4) is 6.07 Å². The lowest BCUT2D eigenvalue weighted by Gasteiger charge is -2.15. The van der Waals surface area contributed by atoms with Crippen LogP contribution in [0.5, 0.6) is 0 Å².